The van der Waals surface area contributed by atoms with Crippen molar-refractivity contribution in [2.24, 2.45) is 0 Å². The Labute approximate surface area is 150 Å². The van der Waals surface area contributed by atoms with E-state index in [1.807, 2.05) is 0 Å². The predicted octanol–water partition coefficient (Wildman–Crippen LogP) is -4.20. The predicted molar refractivity (Wildman–Crippen MR) is 85.6 cm³/mol. The lowest BCUT2D eigenvalue weighted by Crippen LogP contribution is -2.58. The molecule has 0 saturated carbocycles. The van der Waals surface area contributed by atoms with E-state index < -0.39 is 67.6 Å². The monoisotopic (exact) mass is 383 g/mol. The second-order valence-electron chi connectivity index (χ2n) is 6.30. The van der Waals surface area contributed by atoms with Gasteiger partial charge in [0.05, 0.1) is 12.7 Å². The summed E-state index contributed by atoms with van der Waals surface area (Å²) in [5.41, 5.74) is 0. The number of rotatable bonds is 9. The van der Waals surface area contributed by atoms with Gasteiger partial charge in [0.15, 0.2) is 12.4 Å². The highest BCUT2D eigenvalue weighted by atomic mass is 16.7. The Morgan fingerprint density at radius 2 is 1.69 bits per heavy atom. The SMILES string of the molecule is CCCNC(=O)[C@H](O)[C@@H](O)[C@H](O)[C@H](O)CO[C@@H]1O[C@@H](C)[C@H](O)[C@@H](O)[C@H]1O. The minimum Gasteiger partial charge on any atom is -0.388 e. The van der Waals surface area contributed by atoms with Gasteiger partial charge < -0.3 is 50.5 Å². The molecule has 0 aliphatic carbocycles. The second-order valence-corrected chi connectivity index (χ2v) is 6.30. The van der Waals surface area contributed by atoms with Crippen molar-refractivity contribution in [2.75, 3.05) is 13.2 Å². The fourth-order valence-corrected chi connectivity index (χ4v) is 2.37. The Hall–Kier alpha value is -0.890. The molecule has 1 fully saturated rings. The summed E-state index contributed by atoms with van der Waals surface area (Å²) < 4.78 is 10.2. The van der Waals surface area contributed by atoms with E-state index in [1.54, 1.807) is 6.92 Å². The molecule has 0 unspecified atom stereocenters. The van der Waals surface area contributed by atoms with Crippen molar-refractivity contribution in [3.8, 4) is 0 Å². The molecular formula is C15H29NO10. The first-order valence-electron chi connectivity index (χ1n) is 8.43. The van der Waals surface area contributed by atoms with Crippen LogP contribution in [-0.2, 0) is 14.3 Å². The van der Waals surface area contributed by atoms with E-state index in [1.165, 1.54) is 6.92 Å². The lowest BCUT2D eigenvalue weighted by molar-refractivity contribution is -0.299. The van der Waals surface area contributed by atoms with Crippen LogP contribution in [0.4, 0.5) is 0 Å². The molecule has 1 rings (SSSR count). The molecule has 1 saturated heterocycles. The summed E-state index contributed by atoms with van der Waals surface area (Å²) in [4.78, 5) is 11.6. The van der Waals surface area contributed by atoms with Crippen molar-refractivity contribution in [2.45, 2.75) is 75.4 Å². The molecule has 9 atom stereocenters. The second kappa shape index (κ2) is 10.4. The molecule has 11 heteroatoms. The molecular weight excluding hydrogens is 354 g/mol. The van der Waals surface area contributed by atoms with Crippen LogP contribution < -0.4 is 5.32 Å². The van der Waals surface area contributed by atoms with Gasteiger partial charge in [-0.3, -0.25) is 4.79 Å². The zero-order chi connectivity index (χ0) is 20.0. The number of nitrogens with one attached hydrogen (secondary N) is 1. The Balaban J connectivity index is 2.53. The number of ether oxygens (including phenoxy) is 2. The van der Waals surface area contributed by atoms with Gasteiger partial charge in [0.2, 0.25) is 0 Å². The molecule has 1 amide bonds. The Bertz CT molecular complexity index is 439. The van der Waals surface area contributed by atoms with Crippen LogP contribution in [0.1, 0.15) is 20.3 Å². The number of aliphatic hydroxyl groups excluding tert-OH is 7. The summed E-state index contributed by atoms with van der Waals surface area (Å²) >= 11 is 0. The zero-order valence-corrected chi connectivity index (χ0v) is 14.7. The molecule has 0 radical (unpaired) electrons. The van der Waals surface area contributed by atoms with Crippen molar-refractivity contribution in [1.29, 1.82) is 0 Å². The van der Waals surface area contributed by atoms with Crippen molar-refractivity contribution in [1.82, 2.24) is 5.32 Å². The molecule has 154 valence electrons. The van der Waals surface area contributed by atoms with Gasteiger partial charge in [0.1, 0.15) is 36.6 Å². The van der Waals surface area contributed by atoms with E-state index in [9.17, 15) is 40.5 Å². The average molecular weight is 383 g/mol. The number of aliphatic hydroxyl groups is 7. The number of hydrogen-bond donors (Lipinski definition) is 8. The van der Waals surface area contributed by atoms with Crippen LogP contribution >= 0.6 is 0 Å². The third kappa shape index (κ3) is 5.81. The van der Waals surface area contributed by atoms with Crippen LogP contribution in [0.3, 0.4) is 0 Å². The van der Waals surface area contributed by atoms with Gasteiger partial charge in [-0.25, -0.2) is 0 Å². The Morgan fingerprint density at radius 1 is 1.08 bits per heavy atom. The Morgan fingerprint density at radius 3 is 2.27 bits per heavy atom. The lowest BCUT2D eigenvalue weighted by atomic mass is 10.00. The maximum absolute atomic E-state index is 11.6. The number of amides is 1. The van der Waals surface area contributed by atoms with E-state index in [2.05, 4.69) is 5.32 Å². The van der Waals surface area contributed by atoms with Crippen LogP contribution in [0.15, 0.2) is 0 Å². The van der Waals surface area contributed by atoms with Gasteiger partial charge in [-0.15, -0.1) is 0 Å². The summed E-state index contributed by atoms with van der Waals surface area (Å²) in [5.74, 6) is -0.900. The maximum Gasteiger partial charge on any atom is 0.251 e. The van der Waals surface area contributed by atoms with Gasteiger partial charge >= 0.3 is 0 Å². The topological polar surface area (TPSA) is 189 Å². The summed E-state index contributed by atoms with van der Waals surface area (Å²) in [6.45, 7) is 2.86. The quantitative estimate of drug-likeness (QED) is 0.194. The molecule has 11 nitrogen and oxygen atoms in total. The van der Waals surface area contributed by atoms with Gasteiger partial charge in [-0.2, -0.15) is 0 Å². The van der Waals surface area contributed by atoms with E-state index >= 15 is 0 Å². The van der Waals surface area contributed by atoms with E-state index in [0.29, 0.717) is 6.42 Å². The van der Waals surface area contributed by atoms with Gasteiger partial charge in [0.25, 0.3) is 5.91 Å². The van der Waals surface area contributed by atoms with Crippen LogP contribution in [0.2, 0.25) is 0 Å². The van der Waals surface area contributed by atoms with Crippen molar-refractivity contribution in [3.63, 3.8) is 0 Å². The molecule has 0 aromatic rings. The zero-order valence-electron chi connectivity index (χ0n) is 14.7. The number of hydrogen-bond acceptors (Lipinski definition) is 10. The fourth-order valence-electron chi connectivity index (χ4n) is 2.37. The molecule has 0 aromatic heterocycles. The summed E-state index contributed by atoms with van der Waals surface area (Å²) in [5, 5.41) is 70.6. The minimum absolute atomic E-state index is 0.271. The van der Waals surface area contributed by atoms with Crippen LogP contribution in [-0.4, -0.2) is 110 Å². The smallest absolute Gasteiger partial charge is 0.251 e. The van der Waals surface area contributed by atoms with Crippen molar-refractivity contribution in [3.05, 3.63) is 0 Å². The summed E-state index contributed by atoms with van der Waals surface area (Å²) in [7, 11) is 0. The van der Waals surface area contributed by atoms with Gasteiger partial charge in [-0.1, -0.05) is 6.92 Å². The lowest BCUT2D eigenvalue weighted by Gasteiger charge is -2.39. The standard InChI is InChI=1S/C15H29NO10/c1-3-4-16-14(24)12(22)11(21)9(19)7(17)5-25-15-13(23)10(20)8(18)6(2)26-15/h6-13,15,17-23H,3-5H2,1-2H3,(H,16,24)/t6-,7+,8-,9+,10+,11-,12+,13+,15+/m0/s1. The highest BCUT2D eigenvalue weighted by Gasteiger charge is 2.43. The normalized spacial score (nSPS) is 34.0. The average Bonchev–Trinajstić information content (AvgIpc) is 2.63. The summed E-state index contributed by atoms with van der Waals surface area (Å²) in [6, 6.07) is 0. The molecule has 1 heterocycles. The number of carbonyl (C=O) groups is 1. The van der Waals surface area contributed by atoms with E-state index in [0.717, 1.165) is 0 Å². The van der Waals surface area contributed by atoms with Gasteiger partial charge in [-0.05, 0) is 13.3 Å². The van der Waals surface area contributed by atoms with Crippen LogP contribution in [0, 0.1) is 0 Å². The first-order valence-corrected chi connectivity index (χ1v) is 8.43. The molecule has 0 bridgehead atoms. The van der Waals surface area contributed by atoms with E-state index in [-0.39, 0.29) is 6.54 Å². The molecule has 26 heavy (non-hydrogen) atoms. The third-order valence-corrected chi connectivity index (χ3v) is 4.13. The molecule has 1 aliphatic heterocycles. The highest BCUT2D eigenvalue weighted by molar-refractivity contribution is 5.81. The fraction of sp³-hybridized carbons (Fsp3) is 0.933. The summed E-state index contributed by atoms with van der Waals surface area (Å²) in [6.07, 6.45) is -13.7. The molecule has 1 aliphatic rings. The third-order valence-electron chi connectivity index (χ3n) is 4.13. The highest BCUT2D eigenvalue weighted by Crippen LogP contribution is 2.22. The van der Waals surface area contributed by atoms with Crippen molar-refractivity contribution >= 4 is 5.91 Å². The van der Waals surface area contributed by atoms with Gasteiger partial charge in [0, 0.05) is 6.54 Å². The van der Waals surface area contributed by atoms with Crippen LogP contribution in [0.5, 0.6) is 0 Å². The molecule has 0 aromatic carbocycles. The Kier molecular flexibility index (Phi) is 9.30. The molecule has 8 N–H and O–H groups in total. The van der Waals surface area contributed by atoms with E-state index in [4.69, 9.17) is 9.47 Å². The minimum atomic E-state index is -1.98. The first kappa shape index (κ1) is 23.1. The number of carbonyl (C=O) groups excluding carboxylic acids is 1. The maximum atomic E-state index is 11.6. The first-order chi connectivity index (χ1) is 12.1. The molecule has 0 spiro atoms. The van der Waals surface area contributed by atoms with Crippen molar-refractivity contribution < 1.29 is 50.0 Å². The van der Waals surface area contributed by atoms with Crippen LogP contribution in [0.25, 0.3) is 0 Å². The largest absolute Gasteiger partial charge is 0.388 e.